The smallest absolute Gasteiger partial charge is 0.215 e. The predicted octanol–water partition coefficient (Wildman–Crippen LogP) is 0.189. The number of guanidine groups is 1. The van der Waals surface area contributed by atoms with E-state index in [0.717, 1.165) is 10.5 Å². The largest absolute Gasteiger partial charge is 0.368 e. The fraction of sp³-hybridized carbons (Fsp3) is 0.333. The highest BCUT2D eigenvalue weighted by molar-refractivity contribution is 7.07. The van der Waals surface area contributed by atoms with Crippen LogP contribution in [-0.2, 0) is 7.05 Å². The third-order valence-electron chi connectivity index (χ3n) is 1.37. The normalized spacial score (nSPS) is 12.0. The molecule has 11 heavy (non-hydrogen) atoms. The molecule has 0 aliphatic carbocycles. The van der Waals surface area contributed by atoms with E-state index in [-0.39, 0.29) is 5.96 Å². The van der Waals surface area contributed by atoms with Crippen LogP contribution < -0.4 is 10.5 Å². The summed E-state index contributed by atoms with van der Waals surface area (Å²) < 4.78 is 1.89. The second-order valence-electron chi connectivity index (χ2n) is 2.22. The first-order chi connectivity index (χ1) is 5.11. The summed E-state index contributed by atoms with van der Waals surface area (Å²) in [5.74, 6) is -0.151. The number of nitrogens with zero attached hydrogens (tertiary/aromatic N) is 2. The van der Waals surface area contributed by atoms with Gasteiger partial charge in [-0.1, -0.05) is 0 Å². The Morgan fingerprint density at radius 2 is 2.45 bits per heavy atom. The average Bonchev–Trinajstić information content (AvgIpc) is 2.18. The molecule has 0 saturated carbocycles. The molecule has 0 unspecified atom stereocenters. The molecule has 0 radical (unpaired) electrons. The number of rotatable bonds is 0. The van der Waals surface area contributed by atoms with E-state index in [4.69, 9.17) is 11.1 Å². The summed E-state index contributed by atoms with van der Waals surface area (Å²) in [6.07, 6.45) is 0. The average molecular weight is 170 g/mol. The van der Waals surface area contributed by atoms with Crippen molar-refractivity contribution in [2.24, 2.45) is 17.8 Å². The number of hydrogen-bond donors (Lipinski definition) is 2. The molecular formula is C6H10N4S. The lowest BCUT2D eigenvalue weighted by Crippen LogP contribution is -2.17. The lowest BCUT2D eigenvalue weighted by molar-refractivity contribution is 0.836. The van der Waals surface area contributed by atoms with Crippen LogP contribution in [-0.4, -0.2) is 10.5 Å². The van der Waals surface area contributed by atoms with Crippen LogP contribution in [0.3, 0.4) is 0 Å². The standard InChI is InChI=1S/C6H10N4S/c1-4-3-11-6(10(4)2)9-5(7)8/h3H,1-2H3,(H3,7,8). The van der Waals surface area contributed by atoms with Crippen LogP contribution in [0.15, 0.2) is 10.4 Å². The Bertz CT molecular complexity index is 333. The minimum absolute atomic E-state index is 0.151. The van der Waals surface area contributed by atoms with Crippen LogP contribution in [0.4, 0.5) is 0 Å². The molecule has 0 spiro atoms. The minimum Gasteiger partial charge on any atom is -0.368 e. The fourth-order valence-electron chi connectivity index (χ4n) is 0.651. The quantitative estimate of drug-likeness (QED) is 0.423. The molecule has 1 heterocycles. The summed E-state index contributed by atoms with van der Waals surface area (Å²) in [4.78, 5) is 4.58. The molecule has 0 atom stereocenters. The Balaban J connectivity index is 3.25. The minimum atomic E-state index is -0.151. The zero-order valence-electron chi connectivity index (χ0n) is 6.46. The molecule has 1 rings (SSSR count). The van der Waals surface area contributed by atoms with Gasteiger partial charge in [0.25, 0.3) is 0 Å². The third kappa shape index (κ3) is 1.68. The molecular weight excluding hydrogens is 160 g/mol. The molecule has 1 aromatic rings. The van der Waals surface area contributed by atoms with Crippen molar-refractivity contribution < 1.29 is 0 Å². The Hall–Kier alpha value is -1.10. The van der Waals surface area contributed by atoms with Gasteiger partial charge in [-0.25, -0.2) is 0 Å². The molecule has 5 heteroatoms. The van der Waals surface area contributed by atoms with Gasteiger partial charge in [-0.2, -0.15) is 4.99 Å². The Kier molecular flexibility index (Phi) is 2.09. The molecule has 0 saturated heterocycles. The first-order valence-electron chi connectivity index (χ1n) is 3.11. The lowest BCUT2D eigenvalue weighted by atomic mass is 10.6. The molecule has 0 aliphatic rings. The van der Waals surface area contributed by atoms with Crippen molar-refractivity contribution in [2.75, 3.05) is 0 Å². The van der Waals surface area contributed by atoms with Crippen molar-refractivity contribution in [1.82, 2.24) is 4.57 Å². The molecule has 3 N–H and O–H groups in total. The van der Waals surface area contributed by atoms with E-state index in [1.54, 1.807) is 0 Å². The maximum absolute atomic E-state index is 6.94. The Labute approximate surface area is 68.5 Å². The number of thiazole rings is 1. The number of aromatic nitrogens is 1. The Morgan fingerprint density at radius 3 is 2.82 bits per heavy atom. The summed E-state index contributed by atoms with van der Waals surface area (Å²) in [7, 11) is 1.90. The van der Waals surface area contributed by atoms with Crippen LogP contribution >= 0.6 is 11.3 Å². The maximum Gasteiger partial charge on any atom is 0.215 e. The van der Waals surface area contributed by atoms with Crippen LogP contribution in [0.2, 0.25) is 0 Å². The van der Waals surface area contributed by atoms with Crippen LogP contribution in [0, 0.1) is 12.3 Å². The Morgan fingerprint density at radius 1 is 1.82 bits per heavy atom. The number of aryl methyl sites for hydroxylation is 1. The van der Waals surface area contributed by atoms with Crippen LogP contribution in [0.5, 0.6) is 0 Å². The van der Waals surface area contributed by atoms with E-state index >= 15 is 0 Å². The monoisotopic (exact) mass is 170 g/mol. The van der Waals surface area contributed by atoms with Crippen molar-refractivity contribution >= 4 is 17.3 Å². The third-order valence-corrected chi connectivity index (χ3v) is 2.40. The molecule has 1 aromatic heterocycles. The zero-order chi connectivity index (χ0) is 8.43. The topological polar surface area (TPSA) is 67.2 Å². The first-order valence-corrected chi connectivity index (χ1v) is 3.99. The van der Waals surface area contributed by atoms with E-state index in [2.05, 4.69) is 4.99 Å². The fourth-order valence-corrected chi connectivity index (χ4v) is 1.54. The van der Waals surface area contributed by atoms with Gasteiger partial charge in [-0.05, 0) is 6.92 Å². The second kappa shape index (κ2) is 2.87. The highest BCUT2D eigenvalue weighted by Crippen LogP contribution is 1.95. The number of nitrogens with two attached hydrogens (primary N) is 1. The van der Waals surface area contributed by atoms with Gasteiger partial charge < -0.3 is 10.3 Å². The van der Waals surface area contributed by atoms with Gasteiger partial charge in [-0.15, -0.1) is 11.3 Å². The van der Waals surface area contributed by atoms with E-state index < -0.39 is 0 Å². The summed E-state index contributed by atoms with van der Waals surface area (Å²) >= 11 is 1.48. The van der Waals surface area contributed by atoms with Gasteiger partial charge >= 0.3 is 0 Å². The molecule has 60 valence electrons. The molecule has 4 nitrogen and oxygen atoms in total. The predicted molar refractivity (Wildman–Crippen MR) is 45.5 cm³/mol. The molecule has 0 aromatic carbocycles. The van der Waals surface area contributed by atoms with Gasteiger partial charge in [0.05, 0.1) is 0 Å². The van der Waals surface area contributed by atoms with Crippen molar-refractivity contribution in [1.29, 1.82) is 5.41 Å². The summed E-state index contributed by atoms with van der Waals surface area (Å²) in [5.41, 5.74) is 6.23. The van der Waals surface area contributed by atoms with E-state index in [0.29, 0.717) is 0 Å². The van der Waals surface area contributed by atoms with Gasteiger partial charge in [-0.3, -0.25) is 5.41 Å². The molecule has 0 fully saturated rings. The second-order valence-corrected chi connectivity index (χ2v) is 3.05. The molecule has 0 aliphatic heterocycles. The van der Waals surface area contributed by atoms with E-state index in [1.165, 1.54) is 11.3 Å². The van der Waals surface area contributed by atoms with Crippen molar-refractivity contribution in [3.8, 4) is 0 Å². The zero-order valence-corrected chi connectivity index (χ0v) is 7.27. The van der Waals surface area contributed by atoms with Crippen molar-refractivity contribution in [3.63, 3.8) is 0 Å². The summed E-state index contributed by atoms with van der Waals surface area (Å²) in [5, 5.41) is 8.92. The number of hydrogen-bond acceptors (Lipinski definition) is 2. The first kappa shape index (κ1) is 8.00. The highest BCUT2D eigenvalue weighted by Gasteiger charge is 1.93. The summed E-state index contributed by atoms with van der Waals surface area (Å²) in [6.45, 7) is 1.98. The summed E-state index contributed by atoms with van der Waals surface area (Å²) in [6, 6.07) is 0. The molecule has 0 bridgehead atoms. The highest BCUT2D eigenvalue weighted by atomic mass is 32.1. The SMILES string of the molecule is Cc1csc(=NC(=N)N)n1C. The van der Waals surface area contributed by atoms with Crippen molar-refractivity contribution in [2.45, 2.75) is 6.92 Å². The van der Waals surface area contributed by atoms with Crippen LogP contribution in [0.1, 0.15) is 5.69 Å². The van der Waals surface area contributed by atoms with Gasteiger partial charge in [0, 0.05) is 18.1 Å². The van der Waals surface area contributed by atoms with Crippen molar-refractivity contribution in [3.05, 3.63) is 15.9 Å². The van der Waals surface area contributed by atoms with Crippen LogP contribution in [0.25, 0.3) is 0 Å². The van der Waals surface area contributed by atoms with Gasteiger partial charge in [0.2, 0.25) is 5.96 Å². The van der Waals surface area contributed by atoms with E-state index in [1.807, 2.05) is 23.9 Å². The van der Waals surface area contributed by atoms with Gasteiger partial charge in [0.1, 0.15) is 0 Å². The lowest BCUT2D eigenvalue weighted by Gasteiger charge is -1.92. The molecule has 0 amide bonds. The van der Waals surface area contributed by atoms with E-state index in [9.17, 15) is 0 Å². The van der Waals surface area contributed by atoms with Gasteiger partial charge in [0.15, 0.2) is 4.80 Å². The number of nitrogens with one attached hydrogen (secondary N) is 1. The maximum atomic E-state index is 6.94.